The molecule has 0 N–H and O–H groups in total. The van der Waals surface area contributed by atoms with E-state index < -0.39 is 0 Å². The first-order valence-electron chi connectivity index (χ1n) is 9.61. The summed E-state index contributed by atoms with van der Waals surface area (Å²) in [6.07, 6.45) is 3.79. The topological polar surface area (TPSA) is 36.4 Å². The molecule has 2 aromatic heterocycles. The summed E-state index contributed by atoms with van der Waals surface area (Å²) in [7, 11) is 1.72. The molecular formula is C24H17N3OS2Se. The predicted molar refractivity (Wildman–Crippen MR) is 134 cm³/mol. The van der Waals surface area contributed by atoms with Gasteiger partial charge in [-0.15, -0.1) is 0 Å². The Bertz CT molecular complexity index is 1330. The molecule has 0 radical (unpaired) electrons. The summed E-state index contributed by atoms with van der Waals surface area (Å²) in [5.41, 5.74) is 1.07. The third kappa shape index (κ3) is 3.98. The van der Waals surface area contributed by atoms with E-state index >= 15 is 0 Å². The van der Waals surface area contributed by atoms with Crippen LogP contribution >= 0.6 is 24.0 Å². The van der Waals surface area contributed by atoms with E-state index in [9.17, 15) is 4.79 Å². The fourth-order valence-electron chi connectivity index (χ4n) is 3.39. The first-order chi connectivity index (χ1) is 15.1. The molecule has 0 unspecified atom stereocenters. The average molecular weight is 507 g/mol. The Morgan fingerprint density at radius 3 is 2.58 bits per heavy atom. The quantitative estimate of drug-likeness (QED) is 0.205. The van der Waals surface area contributed by atoms with E-state index in [2.05, 4.69) is 64.5 Å². The number of carbonyl (C=O) groups is 1. The van der Waals surface area contributed by atoms with Crippen molar-refractivity contribution >= 4 is 81.6 Å². The summed E-state index contributed by atoms with van der Waals surface area (Å²) >= 11 is 6.64. The van der Waals surface area contributed by atoms with Crippen LogP contribution in [0.15, 0.2) is 83.9 Å². The van der Waals surface area contributed by atoms with Gasteiger partial charge in [0.15, 0.2) is 0 Å². The van der Waals surface area contributed by atoms with Crippen molar-refractivity contribution in [3.8, 4) is 0 Å². The molecule has 1 aliphatic heterocycles. The fourth-order valence-corrected chi connectivity index (χ4v) is 6.79. The van der Waals surface area contributed by atoms with Crippen LogP contribution in [0, 0.1) is 0 Å². The van der Waals surface area contributed by atoms with E-state index in [4.69, 9.17) is 12.2 Å². The summed E-state index contributed by atoms with van der Waals surface area (Å²) < 4.78 is 2.90. The molecule has 1 fully saturated rings. The van der Waals surface area contributed by atoms with Crippen molar-refractivity contribution in [1.82, 2.24) is 9.88 Å². The van der Waals surface area contributed by atoms with Gasteiger partial charge >= 0.3 is 197 Å². The van der Waals surface area contributed by atoms with E-state index in [1.807, 2.05) is 30.5 Å². The number of anilines is 3. The van der Waals surface area contributed by atoms with Gasteiger partial charge in [0.2, 0.25) is 0 Å². The Morgan fingerprint density at radius 1 is 1.03 bits per heavy atom. The molecule has 31 heavy (non-hydrogen) atoms. The summed E-state index contributed by atoms with van der Waals surface area (Å²) in [5, 5.41) is 2.39. The van der Waals surface area contributed by atoms with Crippen molar-refractivity contribution in [3.05, 3.63) is 88.3 Å². The van der Waals surface area contributed by atoms with Crippen LogP contribution in [0.2, 0.25) is 0 Å². The van der Waals surface area contributed by atoms with Gasteiger partial charge in [0.05, 0.1) is 0 Å². The number of rotatable bonds is 4. The van der Waals surface area contributed by atoms with Crippen LogP contribution in [-0.4, -0.2) is 41.7 Å². The minimum atomic E-state index is -0.0312. The summed E-state index contributed by atoms with van der Waals surface area (Å²) in [5.74, 6) is 0.844. The van der Waals surface area contributed by atoms with Crippen molar-refractivity contribution in [2.45, 2.75) is 0 Å². The Kier molecular flexibility index (Phi) is 5.50. The average Bonchev–Trinajstić information content (AvgIpc) is 3.35. The van der Waals surface area contributed by atoms with Gasteiger partial charge in [0, 0.05) is 0 Å². The molecule has 0 bridgehead atoms. The predicted octanol–water partition coefficient (Wildman–Crippen LogP) is 5.59. The van der Waals surface area contributed by atoms with Crippen LogP contribution in [0.5, 0.6) is 0 Å². The van der Waals surface area contributed by atoms with Crippen LogP contribution in [0.25, 0.3) is 16.8 Å². The standard InChI is InChI=1S/C24H17N3OS2Se/c1-26-23(28)20(30-24(26)29)15-19-11-12-22(31-19)27(21-8-4-5-13-25-21)18-10-9-16-6-2-3-7-17(16)14-18/h2-15H,1H3/b20-15+. The van der Waals surface area contributed by atoms with Gasteiger partial charge in [-0.25, -0.2) is 0 Å². The summed E-state index contributed by atoms with van der Waals surface area (Å²) in [4.78, 5) is 21.4. The zero-order valence-electron chi connectivity index (χ0n) is 16.6. The van der Waals surface area contributed by atoms with Gasteiger partial charge in [-0.3, -0.25) is 0 Å². The van der Waals surface area contributed by atoms with Gasteiger partial charge in [0.1, 0.15) is 0 Å². The van der Waals surface area contributed by atoms with Gasteiger partial charge in [-0.1, -0.05) is 0 Å². The van der Waals surface area contributed by atoms with Crippen LogP contribution in [0.4, 0.5) is 16.1 Å². The van der Waals surface area contributed by atoms with Gasteiger partial charge in [-0.2, -0.15) is 0 Å². The minimum absolute atomic E-state index is 0.0276. The second-order valence-corrected chi connectivity index (χ2v) is 10.9. The zero-order valence-corrected chi connectivity index (χ0v) is 19.9. The van der Waals surface area contributed by atoms with Crippen molar-refractivity contribution in [2.24, 2.45) is 0 Å². The molecule has 0 aliphatic carbocycles. The van der Waals surface area contributed by atoms with E-state index in [-0.39, 0.29) is 20.4 Å². The number of fused-ring (bicyclic) bond motifs is 1. The number of carbonyl (C=O) groups excluding carboxylic acids is 1. The third-order valence-electron chi connectivity index (χ3n) is 4.96. The number of amides is 1. The second kappa shape index (κ2) is 8.44. The molecule has 4 aromatic rings. The van der Waals surface area contributed by atoms with E-state index in [0.717, 1.165) is 15.9 Å². The number of thiocarbonyl (C=S) groups is 1. The van der Waals surface area contributed by atoms with Crippen LogP contribution < -0.4 is 4.90 Å². The Hall–Kier alpha value is -2.70. The molecule has 0 spiro atoms. The van der Waals surface area contributed by atoms with Crippen LogP contribution in [0.3, 0.4) is 0 Å². The number of pyridine rings is 1. The number of aromatic nitrogens is 1. The van der Waals surface area contributed by atoms with Gasteiger partial charge in [-0.05, 0) is 0 Å². The molecule has 1 saturated heterocycles. The maximum absolute atomic E-state index is 12.4. The van der Waals surface area contributed by atoms with Crippen molar-refractivity contribution in [1.29, 1.82) is 0 Å². The molecule has 1 aliphatic rings. The van der Waals surface area contributed by atoms with E-state index in [1.165, 1.54) is 32.0 Å². The summed E-state index contributed by atoms with van der Waals surface area (Å²) in [6, 6.07) is 25.0. The van der Waals surface area contributed by atoms with Crippen molar-refractivity contribution < 1.29 is 4.79 Å². The molecule has 4 nitrogen and oxygen atoms in total. The number of hydrogen-bond acceptors (Lipinski definition) is 5. The number of likely N-dealkylation sites (N-methyl/N-ethyl adjacent to an activating group) is 1. The Morgan fingerprint density at radius 2 is 1.84 bits per heavy atom. The number of benzene rings is 2. The number of thioether (sulfide) groups is 1. The third-order valence-corrected chi connectivity index (χ3v) is 8.58. The Balaban J connectivity index is 1.57. The molecule has 3 heterocycles. The van der Waals surface area contributed by atoms with Crippen molar-refractivity contribution in [2.75, 3.05) is 11.9 Å². The van der Waals surface area contributed by atoms with Crippen LogP contribution in [-0.2, 0) is 4.79 Å². The number of nitrogens with zero attached hydrogens (tertiary/aromatic N) is 3. The molecule has 0 atom stereocenters. The first kappa shape index (κ1) is 20.2. The fraction of sp³-hybridized carbons (Fsp3) is 0.0417. The van der Waals surface area contributed by atoms with Gasteiger partial charge in [0.25, 0.3) is 0 Å². The monoisotopic (exact) mass is 507 g/mol. The molecular weight excluding hydrogens is 489 g/mol. The summed E-state index contributed by atoms with van der Waals surface area (Å²) in [6.45, 7) is 0. The normalized spacial score (nSPS) is 15.3. The van der Waals surface area contributed by atoms with E-state index in [1.54, 1.807) is 7.05 Å². The van der Waals surface area contributed by atoms with Gasteiger partial charge < -0.3 is 0 Å². The van der Waals surface area contributed by atoms with Crippen LogP contribution in [0.1, 0.15) is 4.44 Å². The zero-order chi connectivity index (χ0) is 21.4. The molecule has 0 saturated carbocycles. The molecule has 2 aromatic carbocycles. The van der Waals surface area contributed by atoms with Crippen molar-refractivity contribution in [3.63, 3.8) is 0 Å². The maximum atomic E-state index is 12.4. The SMILES string of the molecule is CN1C(=O)/C(=C\c2ccc(N(c3ccc4ccccc4c3)c3ccccn3)[se]2)SC1=S. The molecule has 152 valence electrons. The van der Waals surface area contributed by atoms with E-state index in [0.29, 0.717) is 9.23 Å². The molecule has 5 rings (SSSR count). The Labute approximate surface area is 195 Å². The molecule has 1 amide bonds. The first-order valence-corrected chi connectivity index (χ1v) is 12.6. The second-order valence-electron chi connectivity index (χ2n) is 6.97. The molecule has 7 heteroatoms. The number of hydrogen-bond donors (Lipinski definition) is 0.